The van der Waals surface area contributed by atoms with E-state index in [0.717, 1.165) is 18.7 Å². The minimum atomic E-state index is -0.201. The van der Waals surface area contributed by atoms with Gasteiger partial charge in [-0.2, -0.15) is 0 Å². The molecule has 6 nitrogen and oxygen atoms in total. The summed E-state index contributed by atoms with van der Waals surface area (Å²) in [6.45, 7) is 6.13. The largest absolute Gasteiger partial charge is 0.326 e. The molecule has 0 saturated carbocycles. The van der Waals surface area contributed by atoms with Crippen molar-refractivity contribution >= 4 is 48.0 Å². The van der Waals surface area contributed by atoms with E-state index in [1.165, 1.54) is 12.8 Å². The van der Waals surface area contributed by atoms with Gasteiger partial charge in [0.1, 0.15) is 0 Å². The number of pyridine rings is 1. The molecule has 1 fully saturated rings. The lowest BCUT2D eigenvalue weighted by atomic mass is 9.85. The summed E-state index contributed by atoms with van der Waals surface area (Å²) in [6, 6.07) is 8.89. The molecule has 8 heteroatoms. The predicted octanol–water partition coefficient (Wildman–Crippen LogP) is 4.45. The lowest BCUT2D eigenvalue weighted by Gasteiger charge is -2.28. The maximum atomic E-state index is 12.5. The first kappa shape index (κ1) is 25.9. The third-order valence-corrected chi connectivity index (χ3v) is 5.36. The summed E-state index contributed by atoms with van der Waals surface area (Å²) in [5.74, 6) is 0.692. The summed E-state index contributed by atoms with van der Waals surface area (Å²) in [5.41, 5.74) is 2.85. The molecule has 2 atom stereocenters. The number of nitrogens with zero attached hydrogens (tertiary/aromatic N) is 1. The minimum Gasteiger partial charge on any atom is -0.326 e. The second-order valence-corrected chi connectivity index (χ2v) is 7.56. The Morgan fingerprint density at radius 1 is 1.17 bits per heavy atom. The lowest BCUT2D eigenvalue weighted by molar-refractivity contribution is -0.117. The molecule has 2 amide bonds. The number of rotatable bonds is 6. The van der Waals surface area contributed by atoms with E-state index >= 15 is 0 Å². The highest BCUT2D eigenvalue weighted by atomic mass is 35.5. The fraction of sp³-hybridized carbons (Fsp3) is 0.409. The van der Waals surface area contributed by atoms with Crippen molar-refractivity contribution in [1.82, 2.24) is 10.3 Å². The van der Waals surface area contributed by atoms with Gasteiger partial charge in [-0.3, -0.25) is 14.6 Å². The first-order chi connectivity index (χ1) is 13.5. The molecule has 30 heavy (non-hydrogen) atoms. The molecule has 1 aliphatic heterocycles. The normalized spacial score (nSPS) is 16.4. The van der Waals surface area contributed by atoms with Crippen molar-refractivity contribution in [2.45, 2.75) is 33.1 Å². The zero-order chi connectivity index (χ0) is 19.9. The third-order valence-electron chi connectivity index (χ3n) is 5.36. The van der Waals surface area contributed by atoms with E-state index < -0.39 is 0 Å². The van der Waals surface area contributed by atoms with Crippen LogP contribution in [0.15, 0.2) is 42.7 Å². The molecule has 2 unspecified atom stereocenters. The Balaban J connectivity index is 0.00000225. The van der Waals surface area contributed by atoms with Crippen molar-refractivity contribution in [3.8, 4) is 0 Å². The molecule has 3 N–H and O–H groups in total. The number of aryl methyl sites for hydroxylation is 1. The van der Waals surface area contributed by atoms with Crippen LogP contribution >= 0.6 is 24.8 Å². The van der Waals surface area contributed by atoms with Crippen LogP contribution in [0.4, 0.5) is 11.4 Å². The Labute approximate surface area is 190 Å². The van der Waals surface area contributed by atoms with Crippen molar-refractivity contribution in [3.63, 3.8) is 0 Å². The van der Waals surface area contributed by atoms with E-state index in [9.17, 15) is 9.59 Å². The summed E-state index contributed by atoms with van der Waals surface area (Å²) in [5, 5.41) is 9.29. The van der Waals surface area contributed by atoms with Crippen LogP contribution < -0.4 is 16.0 Å². The molecule has 1 aliphatic rings. The van der Waals surface area contributed by atoms with E-state index in [1.807, 2.05) is 19.1 Å². The smallest absolute Gasteiger partial charge is 0.255 e. The molecule has 0 bridgehead atoms. The van der Waals surface area contributed by atoms with Crippen molar-refractivity contribution in [1.29, 1.82) is 0 Å². The molecule has 164 valence electrons. The molecule has 3 rings (SSSR count). The number of carbonyl (C=O) groups is 2. The van der Waals surface area contributed by atoms with E-state index in [4.69, 9.17) is 0 Å². The van der Waals surface area contributed by atoms with E-state index in [2.05, 4.69) is 27.9 Å². The Hall–Kier alpha value is -2.15. The fourth-order valence-corrected chi connectivity index (χ4v) is 3.57. The zero-order valence-corrected chi connectivity index (χ0v) is 18.9. The van der Waals surface area contributed by atoms with Crippen LogP contribution in [-0.4, -0.2) is 29.9 Å². The highest BCUT2D eigenvalue weighted by molar-refractivity contribution is 6.05. The van der Waals surface area contributed by atoms with Gasteiger partial charge < -0.3 is 16.0 Å². The van der Waals surface area contributed by atoms with E-state index in [0.29, 0.717) is 35.2 Å². The summed E-state index contributed by atoms with van der Waals surface area (Å²) < 4.78 is 0. The van der Waals surface area contributed by atoms with Gasteiger partial charge in [0.05, 0.1) is 0 Å². The van der Waals surface area contributed by atoms with Crippen molar-refractivity contribution in [2.24, 2.45) is 11.8 Å². The van der Waals surface area contributed by atoms with Crippen LogP contribution in [0.5, 0.6) is 0 Å². The van der Waals surface area contributed by atoms with Crippen LogP contribution in [0.2, 0.25) is 0 Å². The quantitative estimate of drug-likeness (QED) is 0.604. The van der Waals surface area contributed by atoms with Gasteiger partial charge in [-0.15, -0.1) is 24.8 Å². The summed E-state index contributed by atoms with van der Waals surface area (Å²) in [6.07, 6.45) is 6.02. The number of halogens is 2. The molecular weight excluding hydrogens is 423 g/mol. The monoisotopic (exact) mass is 452 g/mol. The Bertz CT molecular complexity index is 827. The van der Waals surface area contributed by atoms with Crippen LogP contribution in [0.1, 0.15) is 42.1 Å². The number of amides is 2. The number of hydrogen-bond acceptors (Lipinski definition) is 4. The van der Waals surface area contributed by atoms with Crippen molar-refractivity contribution < 1.29 is 9.59 Å². The Morgan fingerprint density at radius 3 is 2.57 bits per heavy atom. The molecule has 1 aromatic heterocycles. The predicted molar refractivity (Wildman–Crippen MR) is 126 cm³/mol. The molecule has 0 aliphatic carbocycles. The molecule has 0 spiro atoms. The molecule has 1 aromatic carbocycles. The van der Waals surface area contributed by atoms with E-state index in [-0.39, 0.29) is 36.6 Å². The molecule has 2 heterocycles. The van der Waals surface area contributed by atoms with Gasteiger partial charge in [-0.25, -0.2) is 0 Å². The van der Waals surface area contributed by atoms with Gasteiger partial charge in [-0.1, -0.05) is 13.0 Å². The van der Waals surface area contributed by atoms with Gasteiger partial charge in [0.2, 0.25) is 5.91 Å². The first-order valence-electron chi connectivity index (χ1n) is 9.85. The molecular formula is C22H30Cl2N4O2. The van der Waals surface area contributed by atoms with Crippen LogP contribution in [0.25, 0.3) is 0 Å². The Morgan fingerprint density at radius 2 is 1.90 bits per heavy atom. The second kappa shape index (κ2) is 12.5. The average molecular weight is 453 g/mol. The summed E-state index contributed by atoms with van der Waals surface area (Å²) in [4.78, 5) is 28.8. The Kier molecular flexibility index (Phi) is 10.8. The topological polar surface area (TPSA) is 83.1 Å². The van der Waals surface area contributed by atoms with E-state index in [1.54, 1.807) is 30.6 Å². The number of carbonyl (C=O) groups excluding carboxylic acids is 2. The average Bonchev–Trinajstić information content (AvgIpc) is 2.71. The number of aromatic nitrogens is 1. The maximum Gasteiger partial charge on any atom is 0.255 e. The van der Waals surface area contributed by atoms with Crippen molar-refractivity contribution in [2.75, 3.05) is 23.7 Å². The lowest BCUT2D eigenvalue weighted by Crippen LogP contribution is -2.34. The number of hydrogen-bond donors (Lipinski definition) is 3. The first-order valence-corrected chi connectivity index (χ1v) is 9.85. The van der Waals surface area contributed by atoms with Gasteiger partial charge in [0.15, 0.2) is 0 Å². The van der Waals surface area contributed by atoms with Crippen molar-refractivity contribution in [3.05, 3.63) is 53.9 Å². The highest BCUT2D eigenvalue weighted by Gasteiger charge is 2.22. The van der Waals surface area contributed by atoms with Gasteiger partial charge >= 0.3 is 0 Å². The van der Waals surface area contributed by atoms with Gasteiger partial charge in [-0.05, 0) is 74.5 Å². The van der Waals surface area contributed by atoms with Crippen LogP contribution in [0.3, 0.4) is 0 Å². The number of piperidine rings is 1. The highest BCUT2D eigenvalue weighted by Crippen LogP contribution is 2.24. The van der Waals surface area contributed by atoms with Crippen LogP contribution in [-0.2, 0) is 4.79 Å². The second-order valence-electron chi connectivity index (χ2n) is 7.56. The summed E-state index contributed by atoms with van der Waals surface area (Å²) >= 11 is 0. The van der Waals surface area contributed by atoms with Crippen LogP contribution in [0, 0.1) is 18.8 Å². The molecule has 0 radical (unpaired) electrons. The van der Waals surface area contributed by atoms with Gasteiger partial charge in [0.25, 0.3) is 5.91 Å². The molecule has 1 saturated heterocycles. The summed E-state index contributed by atoms with van der Waals surface area (Å²) in [7, 11) is 0. The minimum absolute atomic E-state index is 0. The molecule has 2 aromatic rings. The number of anilines is 2. The van der Waals surface area contributed by atoms with Gasteiger partial charge in [0, 0.05) is 35.8 Å². The SMILES string of the molecule is Cc1ccc(NC(=O)CC(C)C2CCCNC2)cc1NC(=O)c1ccncc1.Cl.Cl. The fourth-order valence-electron chi connectivity index (χ4n) is 3.57. The number of benzene rings is 1. The zero-order valence-electron chi connectivity index (χ0n) is 17.3. The number of nitrogens with one attached hydrogen (secondary N) is 3. The maximum absolute atomic E-state index is 12.5. The third kappa shape index (κ3) is 7.27. The standard InChI is InChI=1S/C22H28N4O2.2ClH/c1-15-5-6-19(13-20(15)26-22(28)17-7-10-23-11-8-17)25-21(27)12-16(2)18-4-3-9-24-14-18;;/h5-8,10-11,13,16,18,24H,3-4,9,12,14H2,1-2H3,(H,25,27)(H,26,28);2*1H.